The van der Waals surface area contributed by atoms with Crippen LogP contribution in [0.1, 0.15) is 44.3 Å². The molecule has 6 nitrogen and oxygen atoms in total. The summed E-state index contributed by atoms with van der Waals surface area (Å²) in [5, 5.41) is 4.78. The van der Waals surface area contributed by atoms with E-state index in [0.717, 1.165) is 16.2 Å². The maximum absolute atomic E-state index is 12.3. The van der Waals surface area contributed by atoms with Gasteiger partial charge in [-0.1, -0.05) is 6.07 Å². The summed E-state index contributed by atoms with van der Waals surface area (Å²) < 4.78 is 5.20. The first-order valence-corrected chi connectivity index (χ1v) is 9.16. The first-order chi connectivity index (χ1) is 11.8. The number of hydrogen-bond donors (Lipinski definition) is 2. The molecule has 25 heavy (non-hydrogen) atoms. The summed E-state index contributed by atoms with van der Waals surface area (Å²) >= 11 is 2.46. The zero-order valence-electron chi connectivity index (χ0n) is 14.0. The van der Waals surface area contributed by atoms with Crippen molar-refractivity contribution in [3.63, 3.8) is 0 Å². The van der Waals surface area contributed by atoms with Crippen molar-refractivity contribution in [1.82, 2.24) is 0 Å². The Hall–Kier alpha value is -2.45. The van der Waals surface area contributed by atoms with Crippen LogP contribution in [0.5, 0.6) is 0 Å². The van der Waals surface area contributed by atoms with Crippen molar-refractivity contribution in [1.29, 1.82) is 0 Å². The topological polar surface area (TPSA) is 98.5 Å². The maximum Gasteiger partial charge on any atom is 0.341 e. The SMILES string of the molecule is Cc1c(C(N)=O)sc(NC(=O)C=Cc2cccs2)c1C(=O)OC(C)C. The molecule has 0 aliphatic heterocycles. The van der Waals surface area contributed by atoms with Crippen molar-refractivity contribution >= 4 is 51.5 Å². The minimum atomic E-state index is -0.657. The van der Waals surface area contributed by atoms with Gasteiger partial charge >= 0.3 is 5.97 Å². The zero-order valence-corrected chi connectivity index (χ0v) is 15.6. The number of hydrogen-bond acceptors (Lipinski definition) is 6. The molecule has 0 bridgehead atoms. The number of nitrogens with two attached hydrogens (primary N) is 1. The summed E-state index contributed by atoms with van der Waals surface area (Å²) in [6.45, 7) is 5.04. The van der Waals surface area contributed by atoms with Crippen molar-refractivity contribution in [2.24, 2.45) is 5.73 Å². The lowest BCUT2D eigenvalue weighted by molar-refractivity contribution is -0.111. The van der Waals surface area contributed by atoms with Crippen molar-refractivity contribution in [2.45, 2.75) is 26.9 Å². The molecule has 0 fully saturated rings. The van der Waals surface area contributed by atoms with Gasteiger partial charge in [0.25, 0.3) is 5.91 Å². The number of primary amides is 1. The standard InChI is InChI=1S/C17H18N2O4S2/c1-9(2)23-17(22)13-10(3)14(15(18)21)25-16(13)19-12(20)7-6-11-5-4-8-24-11/h4-9H,1-3H3,(H2,18,21)(H,19,20). The highest BCUT2D eigenvalue weighted by atomic mass is 32.1. The molecule has 0 saturated carbocycles. The Kier molecular flexibility index (Phi) is 6.11. The van der Waals surface area contributed by atoms with Crippen LogP contribution in [0.2, 0.25) is 0 Å². The van der Waals surface area contributed by atoms with Gasteiger partial charge in [0.1, 0.15) is 5.00 Å². The molecule has 0 spiro atoms. The minimum Gasteiger partial charge on any atom is -0.459 e. The van der Waals surface area contributed by atoms with E-state index in [2.05, 4.69) is 5.32 Å². The van der Waals surface area contributed by atoms with Crippen LogP contribution in [-0.2, 0) is 9.53 Å². The monoisotopic (exact) mass is 378 g/mol. The molecule has 2 amide bonds. The van der Waals surface area contributed by atoms with Crippen LogP contribution in [0.4, 0.5) is 5.00 Å². The Morgan fingerprint density at radius 3 is 2.60 bits per heavy atom. The number of carbonyl (C=O) groups is 3. The summed E-state index contributed by atoms with van der Waals surface area (Å²) in [4.78, 5) is 37.2. The molecule has 132 valence electrons. The normalized spacial score (nSPS) is 11.0. The number of rotatable bonds is 6. The summed E-state index contributed by atoms with van der Waals surface area (Å²) in [5.74, 6) is -1.67. The molecule has 0 aromatic carbocycles. The van der Waals surface area contributed by atoms with Gasteiger partial charge in [-0.3, -0.25) is 9.59 Å². The molecule has 8 heteroatoms. The highest BCUT2D eigenvalue weighted by molar-refractivity contribution is 7.18. The van der Waals surface area contributed by atoms with Crippen LogP contribution in [0.3, 0.4) is 0 Å². The highest BCUT2D eigenvalue weighted by Crippen LogP contribution is 2.33. The Morgan fingerprint density at radius 2 is 2.04 bits per heavy atom. The van der Waals surface area contributed by atoms with Gasteiger partial charge in [0, 0.05) is 11.0 Å². The number of thiophene rings is 2. The molecule has 2 rings (SSSR count). The smallest absolute Gasteiger partial charge is 0.341 e. The average molecular weight is 378 g/mol. The van der Waals surface area contributed by atoms with Gasteiger partial charge < -0.3 is 15.8 Å². The third kappa shape index (κ3) is 4.77. The van der Waals surface area contributed by atoms with Crippen molar-refractivity contribution in [3.05, 3.63) is 44.5 Å². The van der Waals surface area contributed by atoms with E-state index in [1.54, 1.807) is 26.8 Å². The number of ether oxygens (including phenoxy) is 1. The Bertz CT molecular complexity index is 820. The summed E-state index contributed by atoms with van der Waals surface area (Å²) in [6, 6.07) is 3.75. The lowest BCUT2D eigenvalue weighted by Gasteiger charge is -2.09. The van der Waals surface area contributed by atoms with Crippen LogP contribution < -0.4 is 11.1 Å². The van der Waals surface area contributed by atoms with Gasteiger partial charge in [0.05, 0.1) is 16.5 Å². The van der Waals surface area contributed by atoms with Gasteiger partial charge in [-0.15, -0.1) is 22.7 Å². The molecule has 2 aromatic rings. The number of carbonyl (C=O) groups excluding carboxylic acids is 3. The predicted octanol–water partition coefficient (Wildman–Crippen LogP) is 3.43. The van der Waals surface area contributed by atoms with Gasteiger partial charge in [-0.25, -0.2) is 4.79 Å². The van der Waals surface area contributed by atoms with Crippen molar-refractivity contribution in [3.8, 4) is 0 Å². The second kappa shape index (κ2) is 8.09. The molecule has 0 aliphatic rings. The van der Waals surface area contributed by atoms with Crippen LogP contribution in [-0.4, -0.2) is 23.9 Å². The largest absolute Gasteiger partial charge is 0.459 e. The lowest BCUT2D eigenvalue weighted by Crippen LogP contribution is -2.16. The molecular weight excluding hydrogens is 360 g/mol. The molecule has 3 N–H and O–H groups in total. The van der Waals surface area contributed by atoms with Crippen LogP contribution >= 0.6 is 22.7 Å². The molecule has 0 aliphatic carbocycles. The van der Waals surface area contributed by atoms with E-state index in [0.29, 0.717) is 5.56 Å². The molecule has 2 aromatic heterocycles. The first-order valence-electron chi connectivity index (χ1n) is 7.46. The second-order valence-electron chi connectivity index (χ2n) is 5.42. The lowest BCUT2D eigenvalue weighted by atomic mass is 10.1. The summed E-state index contributed by atoms with van der Waals surface area (Å²) in [5.41, 5.74) is 5.91. The van der Waals surface area contributed by atoms with Crippen LogP contribution in [0.25, 0.3) is 6.08 Å². The molecule has 0 radical (unpaired) electrons. The third-order valence-electron chi connectivity index (χ3n) is 3.10. The van der Waals surface area contributed by atoms with Gasteiger partial charge in [0.15, 0.2) is 0 Å². The predicted molar refractivity (Wildman–Crippen MR) is 100 cm³/mol. The Labute approximate surface area is 153 Å². The quantitative estimate of drug-likeness (QED) is 0.594. The number of esters is 1. The van der Waals surface area contributed by atoms with E-state index in [-0.39, 0.29) is 21.5 Å². The van der Waals surface area contributed by atoms with Crippen molar-refractivity contribution < 1.29 is 19.1 Å². The van der Waals surface area contributed by atoms with E-state index in [4.69, 9.17) is 10.5 Å². The fourth-order valence-electron chi connectivity index (χ4n) is 2.05. The van der Waals surface area contributed by atoms with Gasteiger partial charge in [-0.05, 0) is 43.9 Å². The first kappa shape index (κ1) is 18.9. The van der Waals surface area contributed by atoms with Crippen LogP contribution in [0, 0.1) is 6.92 Å². The van der Waals surface area contributed by atoms with E-state index in [1.165, 1.54) is 17.4 Å². The van der Waals surface area contributed by atoms with Crippen molar-refractivity contribution in [2.75, 3.05) is 5.32 Å². The molecule has 2 heterocycles. The van der Waals surface area contributed by atoms with Crippen LogP contribution in [0.15, 0.2) is 23.6 Å². The van der Waals surface area contributed by atoms with E-state index in [9.17, 15) is 14.4 Å². The summed E-state index contributed by atoms with van der Waals surface area (Å²) in [6.07, 6.45) is 2.70. The summed E-state index contributed by atoms with van der Waals surface area (Å²) in [7, 11) is 0. The fraction of sp³-hybridized carbons (Fsp3) is 0.235. The fourth-order valence-corrected chi connectivity index (χ4v) is 3.72. The maximum atomic E-state index is 12.3. The Balaban J connectivity index is 2.29. The Morgan fingerprint density at radius 1 is 1.32 bits per heavy atom. The van der Waals surface area contributed by atoms with E-state index in [1.807, 2.05) is 17.5 Å². The number of nitrogens with one attached hydrogen (secondary N) is 1. The van der Waals surface area contributed by atoms with E-state index < -0.39 is 17.8 Å². The third-order valence-corrected chi connectivity index (χ3v) is 5.16. The second-order valence-corrected chi connectivity index (χ2v) is 7.42. The molecule has 0 saturated heterocycles. The minimum absolute atomic E-state index is 0.158. The zero-order chi connectivity index (χ0) is 18.6. The van der Waals surface area contributed by atoms with Gasteiger partial charge in [-0.2, -0.15) is 0 Å². The number of anilines is 1. The highest BCUT2D eigenvalue weighted by Gasteiger charge is 2.26. The van der Waals surface area contributed by atoms with Gasteiger partial charge in [0.2, 0.25) is 5.91 Å². The average Bonchev–Trinajstić information content (AvgIpc) is 3.12. The molecular formula is C17H18N2O4S2. The molecule has 0 atom stereocenters. The number of amides is 2. The molecule has 0 unspecified atom stereocenters. The van der Waals surface area contributed by atoms with E-state index >= 15 is 0 Å².